The molecule has 28 heavy (non-hydrogen) atoms. The Morgan fingerprint density at radius 1 is 1.07 bits per heavy atom. The van der Waals surface area contributed by atoms with Crippen LogP contribution in [0.2, 0.25) is 0 Å². The van der Waals surface area contributed by atoms with Gasteiger partial charge >= 0.3 is 0 Å². The molecule has 6 nitrogen and oxygen atoms in total. The number of carbonyl (C=O) groups excluding carboxylic acids is 1. The van der Waals surface area contributed by atoms with Gasteiger partial charge in [0.15, 0.2) is 12.6 Å². The summed E-state index contributed by atoms with van der Waals surface area (Å²) in [7, 11) is 0. The van der Waals surface area contributed by atoms with Crippen molar-refractivity contribution in [3.63, 3.8) is 0 Å². The molecule has 4 rings (SSSR count). The third kappa shape index (κ3) is 4.48. The maximum Gasteiger partial charge on any atom is 0.221 e. The monoisotopic (exact) mass is 381 g/mol. The molecule has 1 amide bonds. The fourth-order valence-corrected chi connectivity index (χ4v) is 3.26. The number of hydrogen-bond donors (Lipinski definition) is 1. The fraction of sp³-hybridized carbons (Fsp3) is 0.318. The Balaban J connectivity index is 1.48. The summed E-state index contributed by atoms with van der Waals surface area (Å²) in [6.07, 6.45) is 0.0630. The van der Waals surface area contributed by atoms with Gasteiger partial charge in [0.1, 0.15) is 12.2 Å². The molecule has 0 spiro atoms. The number of fused-ring (bicyclic) bond motifs is 1. The van der Waals surface area contributed by atoms with Crippen LogP contribution in [-0.4, -0.2) is 31.0 Å². The largest absolute Gasteiger partial charge is 0.346 e. The lowest BCUT2D eigenvalue weighted by Gasteiger charge is -2.40. The summed E-state index contributed by atoms with van der Waals surface area (Å²) in [5.74, 6) is -0.187. The van der Waals surface area contributed by atoms with Gasteiger partial charge in [0.2, 0.25) is 5.91 Å². The van der Waals surface area contributed by atoms with E-state index in [0.29, 0.717) is 18.9 Å². The second kappa shape index (κ2) is 8.67. The van der Waals surface area contributed by atoms with Crippen LogP contribution in [0.5, 0.6) is 0 Å². The van der Waals surface area contributed by atoms with E-state index >= 15 is 0 Å². The SMILES string of the molecule is CC(=O)NC1=C[C@@H]2OC(c3ccccc3)OC[C@H]2O[C@H]1OCc1ccccc1. The topological polar surface area (TPSA) is 66.0 Å². The number of amides is 1. The van der Waals surface area contributed by atoms with Gasteiger partial charge in [0, 0.05) is 12.5 Å². The van der Waals surface area contributed by atoms with E-state index in [1.165, 1.54) is 6.92 Å². The molecule has 146 valence electrons. The van der Waals surface area contributed by atoms with Crippen LogP contribution in [0.15, 0.2) is 72.4 Å². The van der Waals surface area contributed by atoms with Crippen molar-refractivity contribution in [2.45, 2.75) is 38.3 Å². The third-order valence-corrected chi connectivity index (χ3v) is 4.59. The second-order valence-electron chi connectivity index (χ2n) is 6.78. The van der Waals surface area contributed by atoms with Gasteiger partial charge < -0.3 is 24.3 Å². The average molecular weight is 381 g/mol. The maximum atomic E-state index is 11.6. The summed E-state index contributed by atoms with van der Waals surface area (Å²) in [6.45, 7) is 2.20. The number of nitrogens with one attached hydrogen (secondary N) is 1. The molecule has 2 heterocycles. The Bertz CT molecular complexity index is 823. The van der Waals surface area contributed by atoms with Gasteiger partial charge in [-0.25, -0.2) is 0 Å². The third-order valence-electron chi connectivity index (χ3n) is 4.59. The first-order valence-corrected chi connectivity index (χ1v) is 9.31. The van der Waals surface area contributed by atoms with Crippen molar-refractivity contribution in [1.29, 1.82) is 0 Å². The van der Waals surface area contributed by atoms with Gasteiger partial charge in [-0.15, -0.1) is 0 Å². The van der Waals surface area contributed by atoms with Crippen LogP contribution in [0, 0.1) is 0 Å². The minimum Gasteiger partial charge on any atom is -0.346 e. The first-order valence-electron chi connectivity index (χ1n) is 9.31. The summed E-state index contributed by atoms with van der Waals surface area (Å²) in [5.41, 5.74) is 2.52. The lowest BCUT2D eigenvalue weighted by atomic mass is 10.1. The second-order valence-corrected chi connectivity index (χ2v) is 6.78. The number of carbonyl (C=O) groups is 1. The van der Waals surface area contributed by atoms with Crippen molar-refractivity contribution >= 4 is 5.91 Å². The van der Waals surface area contributed by atoms with E-state index in [-0.39, 0.29) is 18.1 Å². The van der Waals surface area contributed by atoms with Crippen molar-refractivity contribution < 1.29 is 23.7 Å². The predicted molar refractivity (Wildman–Crippen MR) is 102 cm³/mol. The quantitative estimate of drug-likeness (QED) is 0.862. The standard InChI is InChI=1S/C22H23NO5/c1-15(24)23-18-12-19-20(14-26-21(27-19)17-10-6-3-7-11-17)28-22(18)25-13-16-8-4-2-5-9-16/h2-12,19-22H,13-14H2,1H3,(H,23,24)/t19-,20+,21?,22+/m0/s1. The van der Waals surface area contributed by atoms with Crippen LogP contribution < -0.4 is 5.32 Å². The molecular weight excluding hydrogens is 358 g/mol. The molecule has 6 heteroatoms. The van der Waals surface area contributed by atoms with Crippen molar-refractivity contribution in [2.75, 3.05) is 6.61 Å². The van der Waals surface area contributed by atoms with Gasteiger partial charge in [0.05, 0.1) is 18.9 Å². The average Bonchev–Trinajstić information content (AvgIpc) is 2.73. The van der Waals surface area contributed by atoms with Gasteiger partial charge in [0.25, 0.3) is 0 Å². The van der Waals surface area contributed by atoms with Crippen LogP contribution in [0.4, 0.5) is 0 Å². The summed E-state index contributed by atoms with van der Waals surface area (Å²) >= 11 is 0. The molecule has 1 saturated heterocycles. The van der Waals surface area contributed by atoms with Crippen molar-refractivity contribution in [3.05, 3.63) is 83.6 Å². The van der Waals surface area contributed by atoms with Crippen molar-refractivity contribution in [1.82, 2.24) is 5.32 Å². The summed E-state index contributed by atoms with van der Waals surface area (Å²) in [6, 6.07) is 19.6. The lowest BCUT2D eigenvalue weighted by Crippen LogP contribution is -2.49. The predicted octanol–water partition coefficient (Wildman–Crippen LogP) is 3.06. The first kappa shape index (κ1) is 18.8. The van der Waals surface area contributed by atoms with Crippen LogP contribution >= 0.6 is 0 Å². The smallest absolute Gasteiger partial charge is 0.221 e. The molecule has 2 aromatic rings. The van der Waals surface area contributed by atoms with E-state index in [4.69, 9.17) is 18.9 Å². The van der Waals surface area contributed by atoms with Crippen LogP contribution in [0.1, 0.15) is 24.3 Å². The Hall–Kier alpha value is -2.51. The van der Waals surface area contributed by atoms with Crippen LogP contribution in [-0.2, 0) is 30.3 Å². The number of hydrogen-bond acceptors (Lipinski definition) is 5. The highest BCUT2D eigenvalue weighted by atomic mass is 16.7. The summed E-state index contributed by atoms with van der Waals surface area (Å²) in [4.78, 5) is 11.6. The van der Waals surface area contributed by atoms with Crippen molar-refractivity contribution in [2.24, 2.45) is 0 Å². The molecule has 0 aromatic heterocycles. The van der Waals surface area contributed by atoms with E-state index in [2.05, 4.69) is 5.32 Å². The number of ether oxygens (including phenoxy) is 4. The molecular formula is C22H23NO5. The normalized spacial score (nSPS) is 26.8. The van der Waals surface area contributed by atoms with E-state index in [0.717, 1.165) is 11.1 Å². The molecule has 2 aliphatic heterocycles. The van der Waals surface area contributed by atoms with E-state index in [9.17, 15) is 4.79 Å². The molecule has 2 aromatic carbocycles. The Morgan fingerprint density at radius 3 is 2.50 bits per heavy atom. The molecule has 2 aliphatic rings. The number of benzene rings is 2. The summed E-state index contributed by atoms with van der Waals surface area (Å²) < 4.78 is 23.9. The summed E-state index contributed by atoms with van der Waals surface area (Å²) in [5, 5.41) is 2.81. The Morgan fingerprint density at radius 2 is 1.79 bits per heavy atom. The highest BCUT2D eigenvalue weighted by molar-refractivity contribution is 5.75. The van der Waals surface area contributed by atoms with Crippen molar-refractivity contribution in [3.8, 4) is 0 Å². The van der Waals surface area contributed by atoms with Gasteiger partial charge in [-0.3, -0.25) is 4.79 Å². The molecule has 0 bridgehead atoms. The fourth-order valence-electron chi connectivity index (χ4n) is 3.26. The molecule has 4 atom stereocenters. The number of rotatable bonds is 5. The zero-order chi connectivity index (χ0) is 19.3. The molecule has 1 N–H and O–H groups in total. The van der Waals surface area contributed by atoms with Gasteiger partial charge in [-0.1, -0.05) is 60.7 Å². The van der Waals surface area contributed by atoms with Crippen LogP contribution in [0.25, 0.3) is 0 Å². The minimum absolute atomic E-state index is 0.187. The van der Waals surface area contributed by atoms with Gasteiger partial charge in [-0.05, 0) is 11.6 Å². The van der Waals surface area contributed by atoms with E-state index < -0.39 is 12.6 Å². The minimum atomic E-state index is -0.689. The zero-order valence-electron chi connectivity index (χ0n) is 15.6. The lowest BCUT2D eigenvalue weighted by molar-refractivity contribution is -0.288. The molecule has 0 aliphatic carbocycles. The Kier molecular flexibility index (Phi) is 5.83. The Labute approximate surface area is 164 Å². The molecule has 0 saturated carbocycles. The van der Waals surface area contributed by atoms with Gasteiger partial charge in [-0.2, -0.15) is 0 Å². The first-order chi connectivity index (χ1) is 13.7. The van der Waals surface area contributed by atoms with E-state index in [1.54, 1.807) is 0 Å². The van der Waals surface area contributed by atoms with Crippen LogP contribution in [0.3, 0.4) is 0 Å². The molecule has 0 radical (unpaired) electrons. The maximum absolute atomic E-state index is 11.6. The highest BCUT2D eigenvalue weighted by Crippen LogP contribution is 2.32. The highest BCUT2D eigenvalue weighted by Gasteiger charge is 2.39. The molecule has 1 unspecified atom stereocenters. The van der Waals surface area contributed by atoms with E-state index in [1.807, 2.05) is 66.7 Å². The molecule has 1 fully saturated rings. The zero-order valence-corrected chi connectivity index (χ0v) is 15.6.